The Bertz CT molecular complexity index is 1090. The third-order valence-corrected chi connectivity index (χ3v) is 4.30. The SMILES string of the molecule is O=C(ON1C(=O)c2ccccc2C1=O)c1ccc(-c2ccc(F)cc2)cc1F. The first-order chi connectivity index (χ1) is 13.5. The number of carbonyl (C=O) groups excluding carboxylic acids is 3. The first-order valence-electron chi connectivity index (χ1n) is 8.21. The number of halogens is 2. The summed E-state index contributed by atoms with van der Waals surface area (Å²) >= 11 is 0. The Hall–Kier alpha value is -3.87. The Morgan fingerprint density at radius 3 is 1.93 bits per heavy atom. The van der Waals surface area contributed by atoms with Gasteiger partial charge in [-0.2, -0.15) is 0 Å². The molecule has 1 aliphatic rings. The van der Waals surface area contributed by atoms with E-state index < -0.39 is 35.0 Å². The minimum atomic E-state index is -1.18. The fourth-order valence-electron chi connectivity index (χ4n) is 2.88. The zero-order valence-electron chi connectivity index (χ0n) is 14.2. The molecule has 4 rings (SSSR count). The van der Waals surface area contributed by atoms with Gasteiger partial charge in [0.15, 0.2) is 0 Å². The Balaban J connectivity index is 1.57. The summed E-state index contributed by atoms with van der Waals surface area (Å²) in [6, 6.07) is 15.1. The van der Waals surface area contributed by atoms with Crippen LogP contribution in [-0.4, -0.2) is 22.8 Å². The van der Waals surface area contributed by atoms with Gasteiger partial charge in [-0.1, -0.05) is 35.4 Å². The van der Waals surface area contributed by atoms with Crippen LogP contribution in [0.25, 0.3) is 11.1 Å². The van der Waals surface area contributed by atoms with Crippen LogP contribution in [0, 0.1) is 11.6 Å². The van der Waals surface area contributed by atoms with E-state index in [2.05, 4.69) is 0 Å². The predicted octanol–water partition coefficient (Wildman–Crippen LogP) is 4.00. The second-order valence-corrected chi connectivity index (χ2v) is 6.03. The standard InChI is InChI=1S/C21H11F2NO4/c22-14-8-5-12(6-9-14)13-7-10-17(18(23)11-13)21(27)28-24-19(25)15-3-1-2-4-16(15)20(24)26/h1-11H. The maximum absolute atomic E-state index is 14.4. The van der Waals surface area contributed by atoms with Crippen LogP contribution in [-0.2, 0) is 4.84 Å². The third kappa shape index (κ3) is 2.92. The first-order valence-corrected chi connectivity index (χ1v) is 8.21. The molecule has 2 amide bonds. The fourth-order valence-corrected chi connectivity index (χ4v) is 2.88. The van der Waals surface area contributed by atoms with Gasteiger partial charge >= 0.3 is 5.97 Å². The molecule has 1 aliphatic heterocycles. The number of amides is 2. The van der Waals surface area contributed by atoms with Crippen molar-refractivity contribution in [1.29, 1.82) is 0 Å². The highest BCUT2D eigenvalue weighted by molar-refractivity contribution is 6.21. The fraction of sp³-hybridized carbons (Fsp3) is 0. The molecular weight excluding hydrogens is 368 g/mol. The van der Waals surface area contributed by atoms with Crippen molar-refractivity contribution < 1.29 is 28.0 Å². The molecule has 0 unspecified atom stereocenters. The molecule has 1 heterocycles. The average molecular weight is 379 g/mol. The van der Waals surface area contributed by atoms with Gasteiger partial charge in [-0.05, 0) is 47.5 Å². The summed E-state index contributed by atoms with van der Waals surface area (Å²) in [6.45, 7) is 0. The molecule has 0 fully saturated rings. The number of hydrogen-bond donors (Lipinski definition) is 0. The van der Waals surface area contributed by atoms with E-state index in [1.807, 2.05) is 0 Å². The highest BCUT2D eigenvalue weighted by Crippen LogP contribution is 2.25. The van der Waals surface area contributed by atoms with Crippen molar-refractivity contribution in [1.82, 2.24) is 5.06 Å². The lowest BCUT2D eigenvalue weighted by atomic mass is 10.0. The number of fused-ring (bicyclic) bond motifs is 1. The summed E-state index contributed by atoms with van der Waals surface area (Å²) < 4.78 is 27.4. The number of benzene rings is 3. The van der Waals surface area contributed by atoms with Gasteiger partial charge in [0.1, 0.15) is 11.6 Å². The van der Waals surface area contributed by atoms with Crippen molar-refractivity contribution in [2.75, 3.05) is 0 Å². The average Bonchev–Trinajstić information content (AvgIpc) is 2.93. The lowest BCUT2D eigenvalue weighted by Crippen LogP contribution is -2.33. The monoisotopic (exact) mass is 379 g/mol. The van der Waals surface area contributed by atoms with Crippen LogP contribution in [0.15, 0.2) is 66.7 Å². The van der Waals surface area contributed by atoms with Crippen molar-refractivity contribution in [2.24, 2.45) is 0 Å². The van der Waals surface area contributed by atoms with Crippen LogP contribution in [0.4, 0.5) is 8.78 Å². The molecule has 138 valence electrons. The first kappa shape index (κ1) is 17.5. The zero-order valence-corrected chi connectivity index (χ0v) is 14.2. The second-order valence-electron chi connectivity index (χ2n) is 6.03. The summed E-state index contributed by atoms with van der Waals surface area (Å²) in [5, 5.41) is 0.320. The third-order valence-electron chi connectivity index (χ3n) is 4.30. The molecule has 0 N–H and O–H groups in total. The number of nitrogens with zero attached hydrogens (tertiary/aromatic N) is 1. The van der Waals surface area contributed by atoms with E-state index in [1.54, 1.807) is 12.1 Å². The highest BCUT2D eigenvalue weighted by Gasteiger charge is 2.39. The van der Waals surface area contributed by atoms with Gasteiger partial charge in [0.25, 0.3) is 11.8 Å². The van der Waals surface area contributed by atoms with E-state index in [-0.39, 0.29) is 11.1 Å². The molecule has 0 bridgehead atoms. The van der Waals surface area contributed by atoms with Gasteiger partial charge in [-0.15, -0.1) is 0 Å². The van der Waals surface area contributed by atoms with Gasteiger partial charge in [0.05, 0.1) is 16.7 Å². The maximum atomic E-state index is 14.4. The van der Waals surface area contributed by atoms with Crippen LogP contribution >= 0.6 is 0 Å². The molecule has 0 saturated carbocycles. The molecule has 3 aromatic rings. The largest absolute Gasteiger partial charge is 0.366 e. The van der Waals surface area contributed by atoms with Crippen LogP contribution < -0.4 is 0 Å². The minimum absolute atomic E-state index is 0.104. The molecule has 0 atom stereocenters. The normalized spacial score (nSPS) is 12.9. The van der Waals surface area contributed by atoms with Crippen molar-refractivity contribution in [3.8, 4) is 11.1 Å². The van der Waals surface area contributed by atoms with E-state index in [9.17, 15) is 23.2 Å². The molecule has 0 aliphatic carbocycles. The number of carbonyl (C=O) groups is 3. The van der Waals surface area contributed by atoms with Crippen LogP contribution in [0.3, 0.4) is 0 Å². The van der Waals surface area contributed by atoms with Crippen molar-refractivity contribution in [2.45, 2.75) is 0 Å². The molecule has 7 heteroatoms. The van der Waals surface area contributed by atoms with E-state index >= 15 is 0 Å². The lowest BCUT2D eigenvalue weighted by Gasteiger charge is -2.13. The summed E-state index contributed by atoms with van der Waals surface area (Å²) in [5.74, 6) is -4.10. The molecule has 28 heavy (non-hydrogen) atoms. The van der Waals surface area contributed by atoms with Crippen LogP contribution in [0.5, 0.6) is 0 Å². The van der Waals surface area contributed by atoms with E-state index in [0.717, 1.165) is 6.07 Å². The van der Waals surface area contributed by atoms with Crippen LogP contribution in [0.1, 0.15) is 31.1 Å². The van der Waals surface area contributed by atoms with Crippen LogP contribution in [0.2, 0.25) is 0 Å². The lowest BCUT2D eigenvalue weighted by molar-refractivity contribution is -0.0587. The van der Waals surface area contributed by atoms with Crippen molar-refractivity contribution in [3.05, 3.63) is 95.1 Å². The Labute approximate surface area is 157 Å². The summed E-state index contributed by atoms with van der Waals surface area (Å²) in [5.41, 5.74) is 0.748. The smallest absolute Gasteiger partial charge is 0.324 e. The Morgan fingerprint density at radius 2 is 1.36 bits per heavy atom. The van der Waals surface area contributed by atoms with Gasteiger partial charge in [0.2, 0.25) is 0 Å². The molecule has 3 aromatic carbocycles. The predicted molar refractivity (Wildman–Crippen MR) is 94.2 cm³/mol. The van der Waals surface area contributed by atoms with Gasteiger partial charge in [-0.3, -0.25) is 9.59 Å². The number of hydrogen-bond acceptors (Lipinski definition) is 4. The van der Waals surface area contributed by atoms with Crippen molar-refractivity contribution in [3.63, 3.8) is 0 Å². The zero-order chi connectivity index (χ0) is 19.8. The quantitative estimate of drug-likeness (QED) is 0.646. The topological polar surface area (TPSA) is 63.7 Å². The summed E-state index contributed by atoms with van der Waals surface area (Å²) in [6.07, 6.45) is 0. The van der Waals surface area contributed by atoms with Gasteiger partial charge < -0.3 is 4.84 Å². The summed E-state index contributed by atoms with van der Waals surface area (Å²) in [7, 11) is 0. The second kappa shape index (κ2) is 6.70. The van der Waals surface area contributed by atoms with Crippen molar-refractivity contribution >= 4 is 17.8 Å². The Morgan fingerprint density at radius 1 is 0.786 bits per heavy atom. The maximum Gasteiger partial charge on any atom is 0.366 e. The molecule has 5 nitrogen and oxygen atoms in total. The Kier molecular flexibility index (Phi) is 4.19. The number of rotatable bonds is 3. The molecule has 0 saturated heterocycles. The molecule has 0 spiro atoms. The van der Waals surface area contributed by atoms with E-state index in [0.29, 0.717) is 16.2 Å². The number of hydroxylamine groups is 2. The van der Waals surface area contributed by atoms with Gasteiger partial charge in [-0.25, -0.2) is 13.6 Å². The molecule has 0 aromatic heterocycles. The van der Waals surface area contributed by atoms with E-state index in [1.165, 1.54) is 48.5 Å². The number of imide groups is 1. The minimum Gasteiger partial charge on any atom is -0.324 e. The van der Waals surface area contributed by atoms with E-state index in [4.69, 9.17) is 4.84 Å². The molecule has 0 radical (unpaired) electrons. The highest BCUT2D eigenvalue weighted by atomic mass is 19.1. The van der Waals surface area contributed by atoms with Gasteiger partial charge in [0, 0.05) is 0 Å². The summed E-state index contributed by atoms with van der Waals surface area (Å²) in [4.78, 5) is 41.6. The molecular formula is C21H11F2NO4.